The molecule has 148 valence electrons. The number of esters is 1. The zero-order valence-corrected chi connectivity index (χ0v) is 16.3. The largest absolute Gasteiger partial charge is 0.454 e. The number of rotatable bonds is 7. The van der Waals surface area contributed by atoms with Crippen molar-refractivity contribution < 1.29 is 19.1 Å². The molecule has 1 N–H and O–H groups in total. The van der Waals surface area contributed by atoms with Gasteiger partial charge in [-0.3, -0.25) is 9.59 Å². The normalized spacial score (nSPS) is 15.7. The lowest BCUT2D eigenvalue weighted by atomic mass is 10.0. The number of amides is 2. The van der Waals surface area contributed by atoms with Crippen LogP contribution >= 0.6 is 0 Å². The molecular weight excluding hydrogens is 344 g/mol. The van der Waals surface area contributed by atoms with Crippen LogP contribution in [-0.2, 0) is 25.5 Å². The van der Waals surface area contributed by atoms with Gasteiger partial charge in [-0.05, 0) is 24.3 Å². The minimum absolute atomic E-state index is 0.134. The summed E-state index contributed by atoms with van der Waals surface area (Å²) in [6.07, 6.45) is 4.44. The van der Waals surface area contributed by atoms with Gasteiger partial charge in [0.1, 0.15) is 6.04 Å². The first-order chi connectivity index (χ1) is 13.0. The molecule has 1 aromatic rings. The summed E-state index contributed by atoms with van der Waals surface area (Å²) < 4.78 is 5.23. The Labute approximate surface area is 161 Å². The number of hydrogen-bond donors (Lipinski definition) is 1. The SMILES string of the molecule is CC(C)[C@H](NC(=O)Cc1ccccc1)C(=O)OCC(=O)N1CCCCCC1. The van der Waals surface area contributed by atoms with Gasteiger partial charge in [0.05, 0.1) is 6.42 Å². The molecule has 1 aliphatic heterocycles. The lowest BCUT2D eigenvalue weighted by Gasteiger charge is -2.23. The van der Waals surface area contributed by atoms with Gasteiger partial charge in [0.15, 0.2) is 6.61 Å². The third-order valence-electron chi connectivity index (χ3n) is 4.74. The van der Waals surface area contributed by atoms with Crippen LogP contribution < -0.4 is 5.32 Å². The number of nitrogens with zero attached hydrogens (tertiary/aromatic N) is 1. The molecule has 0 aromatic heterocycles. The van der Waals surface area contributed by atoms with E-state index in [0.717, 1.165) is 44.3 Å². The van der Waals surface area contributed by atoms with Gasteiger partial charge in [-0.25, -0.2) is 4.79 Å². The van der Waals surface area contributed by atoms with E-state index in [1.54, 1.807) is 4.90 Å². The molecule has 0 aliphatic carbocycles. The standard InChI is InChI=1S/C21H30N2O4/c1-16(2)20(22-18(24)14-17-10-6-5-7-11-17)21(26)27-15-19(25)23-12-8-3-4-9-13-23/h5-7,10-11,16,20H,3-4,8-9,12-15H2,1-2H3,(H,22,24)/t20-/m0/s1. The summed E-state index contributed by atoms with van der Waals surface area (Å²) in [7, 11) is 0. The zero-order chi connectivity index (χ0) is 19.6. The fourth-order valence-corrected chi connectivity index (χ4v) is 3.14. The number of ether oxygens (including phenoxy) is 1. The molecule has 0 spiro atoms. The highest BCUT2D eigenvalue weighted by molar-refractivity contribution is 5.87. The van der Waals surface area contributed by atoms with E-state index in [2.05, 4.69) is 5.32 Å². The van der Waals surface area contributed by atoms with Gasteiger partial charge in [0.25, 0.3) is 5.91 Å². The van der Waals surface area contributed by atoms with Crippen molar-refractivity contribution in [2.24, 2.45) is 5.92 Å². The van der Waals surface area contributed by atoms with Crippen LogP contribution in [0.15, 0.2) is 30.3 Å². The van der Waals surface area contributed by atoms with Crippen molar-refractivity contribution >= 4 is 17.8 Å². The first-order valence-electron chi connectivity index (χ1n) is 9.75. The van der Waals surface area contributed by atoms with Gasteiger partial charge < -0.3 is 15.0 Å². The smallest absolute Gasteiger partial charge is 0.329 e. The maximum absolute atomic E-state index is 12.4. The first kappa shape index (κ1) is 20.9. The molecule has 6 nitrogen and oxygen atoms in total. The van der Waals surface area contributed by atoms with E-state index < -0.39 is 12.0 Å². The summed E-state index contributed by atoms with van der Waals surface area (Å²) in [6, 6.07) is 8.58. The topological polar surface area (TPSA) is 75.7 Å². The van der Waals surface area contributed by atoms with Crippen molar-refractivity contribution in [2.75, 3.05) is 19.7 Å². The molecule has 1 saturated heterocycles. The molecule has 0 bridgehead atoms. The Bertz CT molecular complexity index is 622. The molecule has 1 heterocycles. The number of benzene rings is 1. The maximum atomic E-state index is 12.4. The molecule has 0 unspecified atom stereocenters. The van der Waals surface area contributed by atoms with E-state index in [0.29, 0.717) is 0 Å². The van der Waals surface area contributed by atoms with E-state index in [1.807, 2.05) is 44.2 Å². The van der Waals surface area contributed by atoms with Crippen LogP contribution in [0.4, 0.5) is 0 Å². The quantitative estimate of drug-likeness (QED) is 0.743. The summed E-state index contributed by atoms with van der Waals surface area (Å²) in [6.45, 7) is 4.85. The van der Waals surface area contributed by atoms with Gasteiger partial charge in [-0.2, -0.15) is 0 Å². The molecule has 1 fully saturated rings. The summed E-state index contributed by atoms with van der Waals surface area (Å²) >= 11 is 0. The number of carbonyl (C=O) groups is 3. The molecule has 1 aliphatic rings. The van der Waals surface area contributed by atoms with Crippen LogP contribution in [0.2, 0.25) is 0 Å². The molecule has 27 heavy (non-hydrogen) atoms. The highest BCUT2D eigenvalue weighted by atomic mass is 16.5. The van der Waals surface area contributed by atoms with Crippen LogP contribution in [0.25, 0.3) is 0 Å². The van der Waals surface area contributed by atoms with Crippen molar-refractivity contribution in [3.05, 3.63) is 35.9 Å². The molecule has 1 atom stereocenters. The van der Waals surface area contributed by atoms with Gasteiger partial charge in [0.2, 0.25) is 5.91 Å². The lowest BCUT2D eigenvalue weighted by molar-refractivity contribution is -0.155. The molecule has 0 radical (unpaired) electrons. The minimum atomic E-state index is -0.766. The maximum Gasteiger partial charge on any atom is 0.329 e. The van der Waals surface area contributed by atoms with Crippen LogP contribution in [0, 0.1) is 5.92 Å². The minimum Gasteiger partial charge on any atom is -0.454 e. The van der Waals surface area contributed by atoms with Crippen molar-refractivity contribution in [3.63, 3.8) is 0 Å². The Morgan fingerprint density at radius 2 is 1.67 bits per heavy atom. The van der Waals surface area contributed by atoms with Crippen molar-refractivity contribution in [3.8, 4) is 0 Å². The van der Waals surface area contributed by atoms with Crippen LogP contribution in [-0.4, -0.2) is 48.4 Å². The second kappa shape index (κ2) is 10.7. The van der Waals surface area contributed by atoms with Crippen LogP contribution in [0.3, 0.4) is 0 Å². The summed E-state index contributed by atoms with van der Waals surface area (Å²) in [5.74, 6) is -1.10. The summed E-state index contributed by atoms with van der Waals surface area (Å²) in [4.78, 5) is 38.7. The highest BCUT2D eigenvalue weighted by Crippen LogP contribution is 2.11. The van der Waals surface area contributed by atoms with Gasteiger partial charge in [-0.1, -0.05) is 57.0 Å². The van der Waals surface area contributed by atoms with E-state index in [4.69, 9.17) is 4.74 Å². The van der Waals surface area contributed by atoms with Gasteiger partial charge in [0, 0.05) is 13.1 Å². The fourth-order valence-electron chi connectivity index (χ4n) is 3.14. The van der Waals surface area contributed by atoms with Gasteiger partial charge in [-0.15, -0.1) is 0 Å². The zero-order valence-electron chi connectivity index (χ0n) is 16.3. The molecular formula is C21H30N2O4. The van der Waals surface area contributed by atoms with E-state index >= 15 is 0 Å². The molecule has 2 rings (SSSR count). The number of nitrogens with one attached hydrogen (secondary N) is 1. The van der Waals surface area contributed by atoms with Crippen molar-refractivity contribution in [2.45, 2.75) is 52.0 Å². The molecule has 1 aromatic carbocycles. The molecule has 0 saturated carbocycles. The Morgan fingerprint density at radius 1 is 1.04 bits per heavy atom. The average molecular weight is 374 g/mol. The highest BCUT2D eigenvalue weighted by Gasteiger charge is 2.27. The van der Waals surface area contributed by atoms with E-state index in [9.17, 15) is 14.4 Å². The summed E-state index contributed by atoms with van der Waals surface area (Å²) in [5.41, 5.74) is 0.877. The van der Waals surface area contributed by atoms with Crippen molar-refractivity contribution in [1.82, 2.24) is 10.2 Å². The summed E-state index contributed by atoms with van der Waals surface area (Å²) in [5, 5.41) is 2.74. The number of hydrogen-bond acceptors (Lipinski definition) is 4. The predicted molar refractivity (Wildman–Crippen MR) is 103 cm³/mol. The second-order valence-electron chi connectivity index (χ2n) is 7.35. The average Bonchev–Trinajstić information content (AvgIpc) is 2.94. The fraction of sp³-hybridized carbons (Fsp3) is 0.571. The van der Waals surface area contributed by atoms with E-state index in [-0.39, 0.29) is 30.8 Å². The van der Waals surface area contributed by atoms with Gasteiger partial charge >= 0.3 is 5.97 Å². The number of likely N-dealkylation sites (tertiary alicyclic amines) is 1. The Kier molecular flexibility index (Phi) is 8.30. The van der Waals surface area contributed by atoms with Crippen molar-refractivity contribution in [1.29, 1.82) is 0 Å². The molecule has 6 heteroatoms. The predicted octanol–water partition coefficient (Wildman–Crippen LogP) is 2.32. The third-order valence-corrected chi connectivity index (χ3v) is 4.74. The van der Waals surface area contributed by atoms with Crippen LogP contribution in [0.5, 0.6) is 0 Å². The number of carbonyl (C=O) groups excluding carboxylic acids is 3. The Hall–Kier alpha value is -2.37. The first-order valence-corrected chi connectivity index (χ1v) is 9.75. The lowest BCUT2D eigenvalue weighted by Crippen LogP contribution is -2.47. The van der Waals surface area contributed by atoms with Crippen LogP contribution in [0.1, 0.15) is 45.1 Å². The third kappa shape index (κ3) is 7.04. The van der Waals surface area contributed by atoms with E-state index in [1.165, 1.54) is 0 Å². The monoisotopic (exact) mass is 374 g/mol. The molecule has 2 amide bonds. The Morgan fingerprint density at radius 3 is 2.26 bits per heavy atom. The second-order valence-corrected chi connectivity index (χ2v) is 7.35. The Balaban J connectivity index is 1.84.